The van der Waals surface area contributed by atoms with E-state index in [2.05, 4.69) is 4.98 Å². The van der Waals surface area contributed by atoms with E-state index in [9.17, 15) is 9.18 Å². The van der Waals surface area contributed by atoms with Crippen molar-refractivity contribution in [1.29, 1.82) is 0 Å². The van der Waals surface area contributed by atoms with Crippen molar-refractivity contribution in [3.05, 3.63) is 77.6 Å². The van der Waals surface area contributed by atoms with Crippen LogP contribution in [0.5, 0.6) is 0 Å². The molecular weight excluding hydrogens is 317 g/mol. The molecule has 5 heteroatoms. The van der Waals surface area contributed by atoms with Gasteiger partial charge in [-0.3, -0.25) is 0 Å². The quantitative estimate of drug-likeness (QED) is 0.753. The van der Waals surface area contributed by atoms with Gasteiger partial charge in [0.05, 0.1) is 11.4 Å². The van der Waals surface area contributed by atoms with Crippen molar-refractivity contribution in [2.45, 2.75) is 13.8 Å². The third-order valence-corrected chi connectivity index (χ3v) is 3.99. The number of primary amides is 1. The summed E-state index contributed by atoms with van der Waals surface area (Å²) in [6.45, 7) is 3.84. The molecule has 126 valence electrons. The summed E-state index contributed by atoms with van der Waals surface area (Å²) in [6.07, 6.45) is 0. The van der Waals surface area contributed by atoms with Gasteiger partial charge in [-0.15, -0.1) is 0 Å². The van der Waals surface area contributed by atoms with Crippen LogP contribution in [0.1, 0.15) is 11.1 Å². The van der Waals surface area contributed by atoms with E-state index < -0.39 is 6.03 Å². The minimum atomic E-state index is -0.610. The van der Waals surface area contributed by atoms with Crippen molar-refractivity contribution in [2.24, 2.45) is 5.73 Å². The van der Waals surface area contributed by atoms with E-state index in [1.54, 1.807) is 30.3 Å². The van der Waals surface area contributed by atoms with Crippen LogP contribution in [0.2, 0.25) is 0 Å². The van der Waals surface area contributed by atoms with Gasteiger partial charge in [-0.2, -0.15) is 0 Å². The number of carbonyl (C=O) groups excluding carboxylic acids is 1. The van der Waals surface area contributed by atoms with Crippen molar-refractivity contribution in [3.63, 3.8) is 0 Å². The van der Waals surface area contributed by atoms with Crippen LogP contribution in [0.15, 0.2) is 60.7 Å². The van der Waals surface area contributed by atoms with Crippen LogP contribution in [0.3, 0.4) is 0 Å². The molecule has 0 saturated heterocycles. The molecule has 2 aromatic carbocycles. The number of aryl methyl sites for hydroxylation is 2. The van der Waals surface area contributed by atoms with Gasteiger partial charge in [0.15, 0.2) is 0 Å². The van der Waals surface area contributed by atoms with Crippen LogP contribution >= 0.6 is 0 Å². The Balaban J connectivity index is 2.11. The lowest BCUT2D eigenvalue weighted by Gasteiger charge is -2.24. The lowest BCUT2D eigenvalue weighted by Crippen LogP contribution is -2.33. The zero-order valence-electron chi connectivity index (χ0n) is 14.0. The number of hydrogen-bond donors (Lipinski definition) is 1. The molecule has 0 saturated carbocycles. The van der Waals surface area contributed by atoms with E-state index in [0.717, 1.165) is 22.4 Å². The second-order valence-electron chi connectivity index (χ2n) is 5.80. The highest BCUT2D eigenvalue weighted by Gasteiger charge is 2.20. The zero-order chi connectivity index (χ0) is 18.0. The number of benzene rings is 2. The van der Waals surface area contributed by atoms with Crippen LogP contribution in [0, 0.1) is 19.7 Å². The third-order valence-electron chi connectivity index (χ3n) is 3.99. The fourth-order valence-electron chi connectivity index (χ4n) is 2.83. The summed E-state index contributed by atoms with van der Waals surface area (Å²) in [6, 6.07) is 16.5. The van der Waals surface area contributed by atoms with Crippen molar-refractivity contribution in [1.82, 2.24) is 4.98 Å². The molecule has 0 spiro atoms. The molecule has 2 amide bonds. The molecule has 2 N–H and O–H groups in total. The number of anilines is 2. The minimum absolute atomic E-state index is 0.311. The van der Waals surface area contributed by atoms with Gasteiger partial charge in [0.25, 0.3) is 0 Å². The Labute approximate surface area is 145 Å². The molecule has 4 nitrogen and oxygen atoms in total. The number of rotatable bonds is 3. The molecule has 0 aliphatic heterocycles. The number of urea groups is 1. The molecule has 3 aromatic rings. The maximum atomic E-state index is 13.1. The van der Waals surface area contributed by atoms with Crippen LogP contribution in [0.25, 0.3) is 11.3 Å². The maximum Gasteiger partial charge on any atom is 0.325 e. The average Bonchev–Trinajstić information content (AvgIpc) is 2.58. The zero-order valence-corrected chi connectivity index (χ0v) is 14.0. The summed E-state index contributed by atoms with van der Waals surface area (Å²) in [4.78, 5) is 18.1. The summed E-state index contributed by atoms with van der Waals surface area (Å²) < 4.78 is 13.1. The Morgan fingerprint density at radius 2 is 1.56 bits per heavy atom. The topological polar surface area (TPSA) is 59.2 Å². The van der Waals surface area contributed by atoms with Gasteiger partial charge in [0.2, 0.25) is 0 Å². The first-order valence-corrected chi connectivity index (χ1v) is 7.86. The number of amides is 2. The Kier molecular flexibility index (Phi) is 4.48. The fourth-order valence-corrected chi connectivity index (χ4v) is 2.83. The predicted octanol–water partition coefficient (Wildman–Crippen LogP) is 4.72. The lowest BCUT2D eigenvalue weighted by molar-refractivity contribution is 0.256. The number of aromatic nitrogens is 1. The Morgan fingerprint density at radius 3 is 2.16 bits per heavy atom. The predicted molar refractivity (Wildman–Crippen MR) is 97.3 cm³/mol. The molecule has 0 aliphatic carbocycles. The maximum absolute atomic E-state index is 13.1. The minimum Gasteiger partial charge on any atom is -0.351 e. The molecule has 0 bridgehead atoms. The van der Waals surface area contributed by atoms with Crippen molar-refractivity contribution >= 4 is 17.5 Å². The smallest absolute Gasteiger partial charge is 0.325 e. The van der Waals surface area contributed by atoms with Crippen LogP contribution in [-0.2, 0) is 0 Å². The molecule has 1 aromatic heterocycles. The number of hydrogen-bond acceptors (Lipinski definition) is 2. The Hall–Kier alpha value is -3.21. The molecule has 0 unspecified atom stereocenters. The monoisotopic (exact) mass is 335 g/mol. The van der Waals surface area contributed by atoms with E-state index in [-0.39, 0.29) is 5.82 Å². The molecule has 1 heterocycles. The number of carbonyl (C=O) groups is 1. The van der Waals surface area contributed by atoms with E-state index in [0.29, 0.717) is 11.5 Å². The third kappa shape index (κ3) is 3.35. The highest BCUT2D eigenvalue weighted by atomic mass is 19.1. The summed E-state index contributed by atoms with van der Waals surface area (Å²) >= 11 is 0. The number of para-hydroxylation sites is 1. The second kappa shape index (κ2) is 6.73. The van der Waals surface area contributed by atoms with Gasteiger partial charge >= 0.3 is 6.03 Å². The van der Waals surface area contributed by atoms with Crippen molar-refractivity contribution in [3.8, 4) is 11.3 Å². The largest absolute Gasteiger partial charge is 0.351 e. The highest BCUT2D eigenvalue weighted by Crippen LogP contribution is 2.31. The number of nitrogens with two attached hydrogens (primary N) is 1. The van der Waals surface area contributed by atoms with Crippen LogP contribution in [0.4, 0.5) is 20.7 Å². The normalized spacial score (nSPS) is 10.5. The summed E-state index contributed by atoms with van der Waals surface area (Å²) in [7, 11) is 0. The van der Waals surface area contributed by atoms with E-state index in [1.165, 1.54) is 17.0 Å². The van der Waals surface area contributed by atoms with E-state index >= 15 is 0 Å². The summed E-state index contributed by atoms with van der Waals surface area (Å²) in [5.41, 5.74) is 9.61. The highest BCUT2D eigenvalue weighted by molar-refractivity contribution is 5.99. The molecule has 0 aliphatic rings. The van der Waals surface area contributed by atoms with Gasteiger partial charge in [-0.1, -0.05) is 24.3 Å². The first-order chi connectivity index (χ1) is 12.0. The number of nitrogens with zero attached hydrogens (tertiary/aromatic N) is 2. The second-order valence-corrected chi connectivity index (χ2v) is 5.80. The average molecular weight is 335 g/mol. The molecule has 0 atom stereocenters. The van der Waals surface area contributed by atoms with Crippen LogP contribution < -0.4 is 10.6 Å². The lowest BCUT2D eigenvalue weighted by atomic mass is 10.1. The fraction of sp³-hybridized carbons (Fsp3) is 0.100. The number of pyridine rings is 1. The van der Waals surface area contributed by atoms with Gasteiger partial charge in [-0.05, 0) is 61.4 Å². The van der Waals surface area contributed by atoms with Crippen LogP contribution in [-0.4, -0.2) is 11.0 Å². The first kappa shape index (κ1) is 16.6. The first-order valence-electron chi connectivity index (χ1n) is 7.86. The summed E-state index contributed by atoms with van der Waals surface area (Å²) in [5.74, 6) is 0.112. The SMILES string of the molecule is Cc1cccc(C)c1N(C(N)=O)c1cccc(-c2ccc(F)cc2)n1. The van der Waals surface area contributed by atoms with E-state index in [4.69, 9.17) is 5.73 Å². The molecule has 0 radical (unpaired) electrons. The van der Waals surface area contributed by atoms with Crippen molar-refractivity contribution < 1.29 is 9.18 Å². The molecular formula is C20H18FN3O. The summed E-state index contributed by atoms with van der Waals surface area (Å²) in [5, 5.41) is 0. The van der Waals surface area contributed by atoms with Gasteiger partial charge < -0.3 is 5.73 Å². The van der Waals surface area contributed by atoms with Gasteiger partial charge in [0.1, 0.15) is 11.6 Å². The number of halogens is 1. The van der Waals surface area contributed by atoms with Gasteiger partial charge in [-0.25, -0.2) is 19.1 Å². The molecule has 0 fully saturated rings. The Bertz CT molecular complexity index is 902. The molecule has 25 heavy (non-hydrogen) atoms. The Morgan fingerprint density at radius 1 is 0.960 bits per heavy atom. The van der Waals surface area contributed by atoms with Crippen molar-refractivity contribution in [2.75, 3.05) is 4.90 Å². The van der Waals surface area contributed by atoms with Gasteiger partial charge in [0, 0.05) is 5.56 Å². The standard InChI is InChI=1S/C20H18FN3O/c1-13-5-3-6-14(2)19(13)24(20(22)25)18-8-4-7-17(23-18)15-9-11-16(21)12-10-15/h3-12H,1-2H3,(H2,22,25). The molecule has 3 rings (SSSR count). The van der Waals surface area contributed by atoms with E-state index in [1.807, 2.05) is 32.0 Å².